The Morgan fingerprint density at radius 3 is 2.76 bits per heavy atom. The Morgan fingerprint density at radius 1 is 1.33 bits per heavy atom. The molecule has 1 aromatic heterocycles. The van der Waals surface area contributed by atoms with Gasteiger partial charge in [-0.2, -0.15) is 0 Å². The zero-order chi connectivity index (χ0) is 15.1. The fraction of sp³-hybridized carbons (Fsp3) is 0.188. The molecule has 2 aromatic rings. The predicted molar refractivity (Wildman–Crippen MR) is 89.8 cm³/mol. The molecule has 3 N–H and O–H groups in total. The van der Waals surface area contributed by atoms with E-state index in [0.29, 0.717) is 19.0 Å². The summed E-state index contributed by atoms with van der Waals surface area (Å²) in [5.74, 6) is 1.30. The first kappa shape index (κ1) is 15.1. The van der Waals surface area contributed by atoms with Gasteiger partial charge in [-0.1, -0.05) is 6.08 Å². The minimum atomic E-state index is 0.439. The second-order valence-electron chi connectivity index (χ2n) is 4.37. The summed E-state index contributed by atoms with van der Waals surface area (Å²) >= 11 is 1.71. The van der Waals surface area contributed by atoms with E-state index in [4.69, 9.17) is 10.5 Å². The monoisotopic (exact) mass is 301 g/mol. The Labute approximate surface area is 129 Å². The molecular weight excluding hydrogens is 282 g/mol. The number of benzene rings is 1. The number of nitrogens with zero attached hydrogens (tertiary/aromatic N) is 1. The van der Waals surface area contributed by atoms with Crippen LogP contribution >= 0.6 is 11.3 Å². The Bertz CT molecular complexity index is 617. The van der Waals surface area contributed by atoms with Crippen molar-refractivity contribution in [2.24, 2.45) is 10.7 Å². The van der Waals surface area contributed by atoms with Gasteiger partial charge in [-0.25, -0.2) is 4.99 Å². The van der Waals surface area contributed by atoms with Crippen LogP contribution in [0.1, 0.15) is 4.88 Å². The molecule has 0 radical (unpaired) electrons. The molecule has 0 aliphatic heterocycles. The number of nitrogens with one attached hydrogen (secondary N) is 1. The van der Waals surface area contributed by atoms with Gasteiger partial charge < -0.3 is 15.8 Å². The van der Waals surface area contributed by atoms with E-state index in [9.17, 15) is 0 Å². The number of nitrogens with two attached hydrogens (primary N) is 1. The van der Waals surface area contributed by atoms with Crippen molar-refractivity contribution in [3.63, 3.8) is 0 Å². The van der Waals surface area contributed by atoms with Gasteiger partial charge in [0.05, 0.1) is 13.7 Å². The number of hydrogen-bond acceptors (Lipinski definition) is 3. The number of hydrogen-bond donors (Lipinski definition) is 2. The topological polar surface area (TPSA) is 59.6 Å². The van der Waals surface area contributed by atoms with E-state index >= 15 is 0 Å². The molecule has 0 saturated heterocycles. The van der Waals surface area contributed by atoms with Crippen LogP contribution < -0.4 is 15.8 Å². The summed E-state index contributed by atoms with van der Waals surface area (Å²) in [5.41, 5.74) is 6.91. The maximum Gasteiger partial charge on any atom is 0.189 e. The predicted octanol–water partition coefficient (Wildman–Crippen LogP) is 3.01. The summed E-state index contributed by atoms with van der Waals surface area (Å²) in [7, 11) is 1.67. The van der Waals surface area contributed by atoms with Crippen LogP contribution in [0.4, 0.5) is 0 Å². The van der Waals surface area contributed by atoms with Gasteiger partial charge in [-0.15, -0.1) is 17.9 Å². The van der Waals surface area contributed by atoms with Crippen LogP contribution in [0.25, 0.3) is 10.4 Å². The summed E-state index contributed by atoms with van der Waals surface area (Å²) < 4.78 is 5.17. The fourth-order valence-corrected chi connectivity index (χ4v) is 2.71. The summed E-state index contributed by atoms with van der Waals surface area (Å²) in [6.45, 7) is 4.82. The molecule has 0 aliphatic rings. The van der Waals surface area contributed by atoms with E-state index < -0.39 is 0 Å². The molecule has 4 nitrogen and oxygen atoms in total. The molecule has 1 aromatic carbocycles. The molecule has 21 heavy (non-hydrogen) atoms. The summed E-state index contributed by atoms with van der Waals surface area (Å²) in [6, 6.07) is 12.2. The van der Waals surface area contributed by atoms with Gasteiger partial charge in [0.15, 0.2) is 5.96 Å². The molecule has 110 valence electrons. The van der Waals surface area contributed by atoms with Crippen molar-refractivity contribution in [2.75, 3.05) is 13.7 Å². The smallest absolute Gasteiger partial charge is 0.189 e. The zero-order valence-electron chi connectivity index (χ0n) is 12.0. The maximum absolute atomic E-state index is 5.74. The average molecular weight is 301 g/mol. The number of ether oxygens (including phenoxy) is 1. The van der Waals surface area contributed by atoms with Crippen molar-refractivity contribution in [3.8, 4) is 16.2 Å². The lowest BCUT2D eigenvalue weighted by Crippen LogP contribution is -2.31. The first-order valence-electron chi connectivity index (χ1n) is 6.60. The van der Waals surface area contributed by atoms with Crippen LogP contribution in [-0.2, 0) is 6.54 Å². The summed E-state index contributed by atoms with van der Waals surface area (Å²) in [6.07, 6.45) is 1.75. The van der Waals surface area contributed by atoms with E-state index in [-0.39, 0.29) is 0 Å². The molecule has 0 amide bonds. The van der Waals surface area contributed by atoms with Gasteiger partial charge in [0.1, 0.15) is 5.75 Å². The number of rotatable bonds is 6. The summed E-state index contributed by atoms with van der Waals surface area (Å²) in [5, 5.41) is 2.95. The van der Waals surface area contributed by atoms with E-state index in [0.717, 1.165) is 5.75 Å². The Hall–Kier alpha value is -2.27. The fourth-order valence-electron chi connectivity index (χ4n) is 1.77. The zero-order valence-corrected chi connectivity index (χ0v) is 12.8. The van der Waals surface area contributed by atoms with Gasteiger partial charge in [-0.3, -0.25) is 0 Å². The van der Waals surface area contributed by atoms with E-state index in [1.807, 2.05) is 12.1 Å². The third kappa shape index (κ3) is 4.36. The highest BCUT2D eigenvalue weighted by Crippen LogP contribution is 2.29. The Balaban J connectivity index is 2.02. The number of thiophene rings is 1. The second kappa shape index (κ2) is 7.50. The lowest BCUT2D eigenvalue weighted by molar-refractivity contribution is 0.415. The van der Waals surface area contributed by atoms with Gasteiger partial charge >= 0.3 is 0 Å². The quantitative estimate of drug-likeness (QED) is 0.490. The molecular formula is C16H19N3OS. The van der Waals surface area contributed by atoms with E-state index in [2.05, 4.69) is 41.2 Å². The first-order chi connectivity index (χ1) is 10.2. The highest BCUT2D eigenvalue weighted by Gasteiger charge is 2.03. The first-order valence-corrected chi connectivity index (χ1v) is 7.42. The number of guanidine groups is 1. The third-order valence-electron chi connectivity index (χ3n) is 2.87. The van der Waals surface area contributed by atoms with Crippen molar-refractivity contribution in [3.05, 3.63) is 53.9 Å². The molecule has 0 spiro atoms. The molecule has 5 heteroatoms. The normalized spacial score (nSPS) is 11.2. The number of methoxy groups -OCH3 is 1. The molecule has 0 aliphatic carbocycles. The van der Waals surface area contributed by atoms with Crippen molar-refractivity contribution in [1.29, 1.82) is 0 Å². The molecule has 0 atom stereocenters. The Morgan fingerprint density at radius 2 is 2.10 bits per heavy atom. The molecule has 0 fully saturated rings. The van der Waals surface area contributed by atoms with E-state index in [1.54, 1.807) is 24.5 Å². The van der Waals surface area contributed by atoms with Crippen LogP contribution in [0.5, 0.6) is 5.75 Å². The highest BCUT2D eigenvalue weighted by molar-refractivity contribution is 7.15. The van der Waals surface area contributed by atoms with Crippen molar-refractivity contribution in [1.82, 2.24) is 5.32 Å². The van der Waals surface area contributed by atoms with Crippen LogP contribution in [0.15, 0.2) is 54.0 Å². The molecule has 1 heterocycles. The Kier molecular flexibility index (Phi) is 5.40. The maximum atomic E-state index is 5.74. The molecule has 0 bridgehead atoms. The van der Waals surface area contributed by atoms with Crippen LogP contribution in [0, 0.1) is 0 Å². The standard InChI is InChI=1S/C16H19N3OS/c1-3-10-18-16(17)19-11-14-8-9-15(21-14)12-4-6-13(20-2)7-5-12/h3-9H,1,10-11H2,2H3,(H3,17,18,19). The molecule has 0 unspecified atom stereocenters. The minimum Gasteiger partial charge on any atom is -0.497 e. The minimum absolute atomic E-state index is 0.439. The lowest BCUT2D eigenvalue weighted by Gasteiger charge is -2.01. The molecule has 0 saturated carbocycles. The van der Waals surface area contributed by atoms with E-state index in [1.165, 1.54) is 15.3 Å². The van der Waals surface area contributed by atoms with Crippen LogP contribution in [0.3, 0.4) is 0 Å². The van der Waals surface area contributed by atoms with Crippen molar-refractivity contribution < 1.29 is 4.74 Å². The highest BCUT2D eigenvalue weighted by atomic mass is 32.1. The van der Waals surface area contributed by atoms with Crippen molar-refractivity contribution in [2.45, 2.75) is 6.54 Å². The molecule has 2 rings (SSSR count). The van der Waals surface area contributed by atoms with Crippen molar-refractivity contribution >= 4 is 17.3 Å². The largest absolute Gasteiger partial charge is 0.497 e. The average Bonchev–Trinajstić information content (AvgIpc) is 3.00. The summed E-state index contributed by atoms with van der Waals surface area (Å²) in [4.78, 5) is 6.67. The SMILES string of the molecule is C=CCNC(N)=NCc1ccc(-c2ccc(OC)cc2)s1. The lowest BCUT2D eigenvalue weighted by atomic mass is 10.2. The van der Waals surface area contributed by atoms with Gasteiger partial charge in [0.25, 0.3) is 0 Å². The number of aliphatic imine (C=N–C) groups is 1. The van der Waals surface area contributed by atoms with Crippen LogP contribution in [0.2, 0.25) is 0 Å². The van der Waals surface area contributed by atoms with Gasteiger partial charge in [0, 0.05) is 16.3 Å². The van der Waals surface area contributed by atoms with Crippen LogP contribution in [-0.4, -0.2) is 19.6 Å². The third-order valence-corrected chi connectivity index (χ3v) is 3.99. The van der Waals surface area contributed by atoms with Gasteiger partial charge in [-0.05, 0) is 42.0 Å². The van der Waals surface area contributed by atoms with Gasteiger partial charge in [0.2, 0.25) is 0 Å². The second-order valence-corrected chi connectivity index (χ2v) is 5.53.